The van der Waals surface area contributed by atoms with Gasteiger partial charge in [-0.1, -0.05) is 0 Å². The fourth-order valence-electron chi connectivity index (χ4n) is 3.54. The van der Waals surface area contributed by atoms with Crippen molar-refractivity contribution in [1.82, 2.24) is 10.2 Å². The predicted octanol–water partition coefficient (Wildman–Crippen LogP) is 3.13. The van der Waals surface area contributed by atoms with Gasteiger partial charge in [-0.25, -0.2) is 9.38 Å². The number of nitrogens with one attached hydrogen (secondary N) is 1. The third kappa shape index (κ3) is 3.86. The highest BCUT2D eigenvalue weighted by Gasteiger charge is 2.42. The summed E-state index contributed by atoms with van der Waals surface area (Å²) in [4.78, 5) is 8.19. The number of likely N-dealkylation sites (tertiary alicyclic amines) is 1. The lowest BCUT2D eigenvalue weighted by atomic mass is 9.87. The Kier molecular flexibility index (Phi) is 5.66. The monoisotopic (exact) mass is 351 g/mol. The third-order valence-electron chi connectivity index (χ3n) is 4.90. The highest BCUT2D eigenvalue weighted by Crippen LogP contribution is 2.38. The Bertz CT molecular complexity index is 602. The van der Waals surface area contributed by atoms with Gasteiger partial charge in [0.2, 0.25) is 0 Å². The van der Waals surface area contributed by atoms with E-state index in [4.69, 9.17) is 9.73 Å². The number of hydrogen-bond donors (Lipinski definition) is 1. The molecule has 2 heterocycles. The highest BCUT2D eigenvalue weighted by molar-refractivity contribution is 7.98. The number of nitrogens with zero attached hydrogens (tertiary/aromatic N) is 2. The lowest BCUT2D eigenvalue weighted by Gasteiger charge is -2.25. The van der Waals surface area contributed by atoms with E-state index in [0.717, 1.165) is 62.1 Å². The van der Waals surface area contributed by atoms with Gasteiger partial charge in [0.15, 0.2) is 5.96 Å². The summed E-state index contributed by atoms with van der Waals surface area (Å²) in [6.45, 7) is 7.15. The number of halogens is 1. The second-order valence-corrected chi connectivity index (χ2v) is 7.45. The van der Waals surface area contributed by atoms with E-state index >= 15 is 0 Å². The van der Waals surface area contributed by atoms with Crippen molar-refractivity contribution in [3.8, 4) is 0 Å². The number of benzene rings is 1. The molecular weight excluding hydrogens is 325 g/mol. The fourth-order valence-corrected chi connectivity index (χ4v) is 4.13. The summed E-state index contributed by atoms with van der Waals surface area (Å²) >= 11 is 1.63. The van der Waals surface area contributed by atoms with E-state index in [1.807, 2.05) is 12.3 Å². The van der Waals surface area contributed by atoms with E-state index < -0.39 is 0 Å². The molecule has 0 aliphatic carbocycles. The van der Waals surface area contributed by atoms with Crippen LogP contribution in [-0.4, -0.2) is 50.0 Å². The second kappa shape index (κ2) is 7.74. The minimum atomic E-state index is -0.203. The van der Waals surface area contributed by atoms with Crippen LogP contribution in [0.1, 0.15) is 25.3 Å². The molecule has 1 unspecified atom stereocenters. The Labute approximate surface area is 147 Å². The Balaban J connectivity index is 1.74. The Morgan fingerprint density at radius 2 is 2.33 bits per heavy atom. The molecule has 0 radical (unpaired) electrons. The number of rotatable bonds is 4. The average molecular weight is 351 g/mol. The molecule has 132 valence electrons. The minimum Gasteiger partial charge on any atom is -0.381 e. The first kappa shape index (κ1) is 17.5. The van der Waals surface area contributed by atoms with Crippen molar-refractivity contribution in [1.29, 1.82) is 0 Å². The molecule has 24 heavy (non-hydrogen) atoms. The van der Waals surface area contributed by atoms with Gasteiger partial charge < -0.3 is 15.0 Å². The summed E-state index contributed by atoms with van der Waals surface area (Å²) in [7, 11) is 0. The molecule has 3 rings (SSSR count). The van der Waals surface area contributed by atoms with Crippen LogP contribution in [0.2, 0.25) is 0 Å². The quantitative estimate of drug-likeness (QED) is 0.514. The van der Waals surface area contributed by atoms with E-state index in [9.17, 15) is 4.39 Å². The van der Waals surface area contributed by atoms with E-state index in [1.165, 1.54) is 6.07 Å². The van der Waals surface area contributed by atoms with Crippen LogP contribution in [0.5, 0.6) is 0 Å². The van der Waals surface area contributed by atoms with Crippen LogP contribution >= 0.6 is 11.8 Å². The molecule has 0 bridgehead atoms. The smallest absolute Gasteiger partial charge is 0.194 e. The first-order valence-electron chi connectivity index (χ1n) is 8.59. The molecule has 2 fully saturated rings. The lowest BCUT2D eigenvalue weighted by molar-refractivity contribution is 0.156. The highest BCUT2D eigenvalue weighted by atomic mass is 32.2. The molecule has 0 amide bonds. The van der Waals surface area contributed by atoms with Crippen LogP contribution in [0.25, 0.3) is 0 Å². The van der Waals surface area contributed by atoms with E-state index in [2.05, 4.69) is 17.1 Å². The van der Waals surface area contributed by atoms with Gasteiger partial charge in [-0.05, 0) is 49.8 Å². The topological polar surface area (TPSA) is 36.9 Å². The molecule has 2 aliphatic rings. The average Bonchev–Trinajstić information content (AvgIpc) is 3.22. The first-order chi connectivity index (χ1) is 11.7. The molecule has 6 heteroatoms. The van der Waals surface area contributed by atoms with E-state index in [0.29, 0.717) is 12.0 Å². The maximum absolute atomic E-state index is 13.6. The molecule has 2 saturated heterocycles. The Morgan fingerprint density at radius 3 is 3.04 bits per heavy atom. The molecule has 1 aromatic rings. The molecule has 1 atom stereocenters. The van der Waals surface area contributed by atoms with Gasteiger partial charge in [0.1, 0.15) is 5.82 Å². The van der Waals surface area contributed by atoms with Crippen molar-refractivity contribution in [2.24, 2.45) is 10.4 Å². The summed E-state index contributed by atoms with van der Waals surface area (Å²) in [6, 6.07) is 4.93. The van der Waals surface area contributed by atoms with Gasteiger partial charge in [-0.15, -0.1) is 11.8 Å². The zero-order valence-electron chi connectivity index (χ0n) is 14.5. The summed E-state index contributed by atoms with van der Waals surface area (Å²) in [6.07, 6.45) is 4.31. The first-order valence-corrected chi connectivity index (χ1v) is 9.82. The molecule has 1 aromatic carbocycles. The standard InChI is InChI=1S/C18H26FN3OS/c1-3-20-17(22-8-6-18(12-22)7-9-23-13-18)21-11-14-10-15(19)4-5-16(14)24-2/h4-5,10H,3,6-9,11-13H2,1-2H3,(H,20,21). The maximum Gasteiger partial charge on any atom is 0.194 e. The summed E-state index contributed by atoms with van der Waals surface area (Å²) in [5, 5.41) is 3.39. The summed E-state index contributed by atoms with van der Waals surface area (Å²) in [5.74, 6) is 0.726. The molecule has 1 N–H and O–H groups in total. The summed E-state index contributed by atoms with van der Waals surface area (Å²) in [5.41, 5.74) is 1.25. The van der Waals surface area contributed by atoms with Gasteiger partial charge in [0.05, 0.1) is 13.2 Å². The van der Waals surface area contributed by atoms with Gasteiger partial charge in [-0.3, -0.25) is 0 Å². The van der Waals surface area contributed by atoms with Gasteiger partial charge in [0, 0.05) is 36.6 Å². The van der Waals surface area contributed by atoms with Crippen molar-refractivity contribution in [2.45, 2.75) is 31.2 Å². The van der Waals surface area contributed by atoms with Gasteiger partial charge in [-0.2, -0.15) is 0 Å². The van der Waals surface area contributed by atoms with Crippen molar-refractivity contribution < 1.29 is 9.13 Å². The molecular formula is C18H26FN3OS. The zero-order chi connectivity index (χ0) is 17.0. The molecule has 1 spiro atoms. The normalized spacial score (nSPS) is 24.1. The van der Waals surface area contributed by atoms with Crippen LogP contribution in [0.15, 0.2) is 28.1 Å². The van der Waals surface area contributed by atoms with Gasteiger partial charge in [0.25, 0.3) is 0 Å². The van der Waals surface area contributed by atoms with Crippen LogP contribution in [0.3, 0.4) is 0 Å². The fraction of sp³-hybridized carbons (Fsp3) is 0.611. The van der Waals surface area contributed by atoms with Gasteiger partial charge >= 0.3 is 0 Å². The zero-order valence-corrected chi connectivity index (χ0v) is 15.3. The van der Waals surface area contributed by atoms with E-state index in [1.54, 1.807) is 17.8 Å². The van der Waals surface area contributed by atoms with Crippen LogP contribution < -0.4 is 5.32 Å². The van der Waals surface area contributed by atoms with Crippen LogP contribution in [-0.2, 0) is 11.3 Å². The lowest BCUT2D eigenvalue weighted by Crippen LogP contribution is -2.41. The van der Waals surface area contributed by atoms with E-state index in [-0.39, 0.29) is 5.82 Å². The molecule has 4 nitrogen and oxygen atoms in total. The number of aliphatic imine (C=N–C) groups is 1. The molecule has 0 saturated carbocycles. The summed E-state index contributed by atoms with van der Waals surface area (Å²) < 4.78 is 19.2. The molecule has 0 aromatic heterocycles. The minimum absolute atomic E-state index is 0.203. The largest absolute Gasteiger partial charge is 0.381 e. The Hall–Kier alpha value is -1.27. The van der Waals surface area contributed by atoms with Crippen molar-refractivity contribution in [3.05, 3.63) is 29.6 Å². The Morgan fingerprint density at radius 1 is 1.46 bits per heavy atom. The van der Waals surface area contributed by atoms with Crippen molar-refractivity contribution >= 4 is 17.7 Å². The third-order valence-corrected chi connectivity index (χ3v) is 5.74. The number of ether oxygens (including phenoxy) is 1. The number of guanidine groups is 1. The second-order valence-electron chi connectivity index (χ2n) is 6.60. The number of hydrogen-bond acceptors (Lipinski definition) is 3. The van der Waals surface area contributed by atoms with Crippen molar-refractivity contribution in [2.75, 3.05) is 39.1 Å². The maximum atomic E-state index is 13.6. The number of thioether (sulfide) groups is 1. The SMILES string of the molecule is CCNC(=NCc1cc(F)ccc1SC)N1CCC2(CCOC2)C1. The molecule has 2 aliphatic heterocycles. The van der Waals surface area contributed by atoms with Crippen molar-refractivity contribution in [3.63, 3.8) is 0 Å². The van der Waals surface area contributed by atoms with Crippen LogP contribution in [0.4, 0.5) is 4.39 Å². The predicted molar refractivity (Wildman–Crippen MR) is 97.1 cm³/mol. The van der Waals surface area contributed by atoms with Crippen LogP contribution in [0, 0.1) is 11.2 Å².